The molecule has 0 aliphatic carbocycles. The zero-order chi connectivity index (χ0) is 19.8. The molecule has 3 heterocycles. The number of thiophene rings is 1. The minimum Gasteiger partial charge on any atom is -0.466 e. The Kier molecular flexibility index (Phi) is 4.40. The Labute approximate surface area is 161 Å². The number of aryl methyl sites for hydroxylation is 2. The van der Waals surface area contributed by atoms with Crippen molar-refractivity contribution < 1.29 is 23.3 Å². The molecule has 28 heavy (non-hydrogen) atoms. The number of carbonyl (C=O) groups is 1. The van der Waals surface area contributed by atoms with E-state index in [0.717, 1.165) is 10.5 Å². The van der Waals surface area contributed by atoms with Crippen LogP contribution in [0.1, 0.15) is 27.1 Å². The van der Waals surface area contributed by atoms with Gasteiger partial charge in [-0.1, -0.05) is 0 Å². The monoisotopic (exact) mass is 399 g/mol. The van der Waals surface area contributed by atoms with Crippen molar-refractivity contribution in [3.63, 3.8) is 0 Å². The van der Waals surface area contributed by atoms with Gasteiger partial charge in [0.15, 0.2) is 6.61 Å². The fraction of sp³-hybridized carbons (Fsp3) is 0.167. The fourth-order valence-corrected chi connectivity index (χ4v) is 3.64. The molecule has 4 aromatic rings. The molecule has 0 aliphatic heterocycles. The molecule has 0 saturated carbocycles. The Balaban J connectivity index is 1.47. The zero-order valence-corrected chi connectivity index (χ0v) is 15.6. The van der Waals surface area contributed by atoms with Crippen LogP contribution < -0.4 is 0 Å². The lowest BCUT2D eigenvalue weighted by atomic mass is 10.2. The molecule has 4 rings (SSSR count). The second kappa shape index (κ2) is 6.89. The van der Waals surface area contributed by atoms with Gasteiger partial charge in [0.2, 0.25) is 0 Å². The van der Waals surface area contributed by atoms with E-state index in [1.165, 1.54) is 23.5 Å². The standard InChI is InChI=1S/C18H13N3O6S/c1-9-5-13(10(2)26-9)17-20-19-16(27-17)8-25-18(22)15-7-11-6-12(21(23)24)3-4-14(11)28-15/h3-7H,8H2,1-2H3. The number of non-ortho nitro benzene ring substituents is 1. The van der Waals surface area contributed by atoms with Gasteiger partial charge in [0.05, 0.1) is 10.5 Å². The van der Waals surface area contributed by atoms with Crippen LogP contribution in [0.4, 0.5) is 5.69 Å². The van der Waals surface area contributed by atoms with Crippen molar-refractivity contribution in [2.45, 2.75) is 20.5 Å². The first-order valence-electron chi connectivity index (χ1n) is 8.15. The first kappa shape index (κ1) is 17.9. The number of carbonyl (C=O) groups excluding carboxylic acids is 1. The molecular formula is C18H13N3O6S. The van der Waals surface area contributed by atoms with Gasteiger partial charge in [-0.2, -0.15) is 0 Å². The highest BCUT2D eigenvalue weighted by molar-refractivity contribution is 7.20. The van der Waals surface area contributed by atoms with Crippen molar-refractivity contribution in [1.29, 1.82) is 0 Å². The summed E-state index contributed by atoms with van der Waals surface area (Å²) in [6.07, 6.45) is 0. The third-order valence-corrected chi connectivity index (χ3v) is 5.07. The molecule has 0 atom stereocenters. The normalized spacial score (nSPS) is 11.1. The number of fused-ring (bicyclic) bond motifs is 1. The number of ether oxygens (including phenoxy) is 1. The summed E-state index contributed by atoms with van der Waals surface area (Å²) >= 11 is 1.19. The van der Waals surface area contributed by atoms with Crippen LogP contribution in [0.25, 0.3) is 21.5 Å². The van der Waals surface area contributed by atoms with Gasteiger partial charge in [-0.15, -0.1) is 21.5 Å². The maximum absolute atomic E-state index is 12.3. The van der Waals surface area contributed by atoms with Crippen LogP contribution in [0, 0.1) is 24.0 Å². The zero-order valence-electron chi connectivity index (χ0n) is 14.8. The molecule has 0 N–H and O–H groups in total. The summed E-state index contributed by atoms with van der Waals surface area (Å²) in [5.74, 6) is 1.25. The lowest BCUT2D eigenvalue weighted by molar-refractivity contribution is -0.384. The summed E-state index contributed by atoms with van der Waals surface area (Å²) in [7, 11) is 0. The van der Waals surface area contributed by atoms with Gasteiger partial charge >= 0.3 is 5.97 Å². The SMILES string of the molecule is Cc1cc(-c2nnc(COC(=O)c3cc4cc([N+](=O)[O-])ccc4s3)o2)c(C)o1. The van der Waals surface area contributed by atoms with Crippen molar-refractivity contribution in [2.24, 2.45) is 0 Å². The van der Waals surface area contributed by atoms with E-state index in [4.69, 9.17) is 13.6 Å². The van der Waals surface area contributed by atoms with Gasteiger partial charge in [0.1, 0.15) is 16.4 Å². The van der Waals surface area contributed by atoms with Gasteiger partial charge in [0.25, 0.3) is 17.5 Å². The Morgan fingerprint density at radius 1 is 1.21 bits per heavy atom. The molecule has 0 bridgehead atoms. The highest BCUT2D eigenvalue weighted by atomic mass is 32.1. The number of furan rings is 1. The Morgan fingerprint density at radius 2 is 2.04 bits per heavy atom. The van der Waals surface area contributed by atoms with Crippen LogP contribution in [0.5, 0.6) is 0 Å². The largest absolute Gasteiger partial charge is 0.466 e. The average Bonchev–Trinajstić information content (AvgIpc) is 3.36. The maximum Gasteiger partial charge on any atom is 0.348 e. The van der Waals surface area contributed by atoms with E-state index in [-0.39, 0.29) is 24.1 Å². The number of nitrogens with zero attached hydrogens (tertiary/aromatic N) is 3. The fourth-order valence-electron chi connectivity index (χ4n) is 2.71. The molecule has 0 saturated heterocycles. The van der Waals surface area contributed by atoms with E-state index in [9.17, 15) is 14.9 Å². The van der Waals surface area contributed by atoms with Crippen molar-refractivity contribution in [2.75, 3.05) is 0 Å². The van der Waals surface area contributed by atoms with E-state index in [1.807, 2.05) is 6.92 Å². The molecule has 0 fully saturated rings. The van der Waals surface area contributed by atoms with Crippen molar-refractivity contribution in [1.82, 2.24) is 10.2 Å². The molecular weight excluding hydrogens is 386 g/mol. The third-order valence-electron chi connectivity index (χ3n) is 3.98. The van der Waals surface area contributed by atoms with Gasteiger partial charge in [-0.3, -0.25) is 10.1 Å². The topological polar surface area (TPSA) is 122 Å². The maximum atomic E-state index is 12.3. The van der Waals surface area contributed by atoms with Crippen LogP contribution >= 0.6 is 11.3 Å². The molecule has 142 valence electrons. The van der Waals surface area contributed by atoms with E-state index >= 15 is 0 Å². The highest BCUT2D eigenvalue weighted by Gasteiger charge is 2.18. The molecule has 0 spiro atoms. The Hall–Kier alpha value is -3.53. The summed E-state index contributed by atoms with van der Waals surface area (Å²) in [5, 5.41) is 19.3. The molecule has 0 unspecified atom stereocenters. The number of nitro groups is 1. The highest BCUT2D eigenvalue weighted by Crippen LogP contribution is 2.30. The number of hydrogen-bond acceptors (Lipinski definition) is 9. The van der Waals surface area contributed by atoms with E-state index < -0.39 is 10.9 Å². The first-order valence-corrected chi connectivity index (χ1v) is 8.97. The van der Waals surface area contributed by atoms with Crippen LogP contribution in [0.3, 0.4) is 0 Å². The van der Waals surface area contributed by atoms with E-state index in [2.05, 4.69) is 10.2 Å². The van der Waals surface area contributed by atoms with E-state index in [0.29, 0.717) is 21.6 Å². The van der Waals surface area contributed by atoms with Gasteiger partial charge in [-0.25, -0.2) is 4.79 Å². The number of benzene rings is 1. The van der Waals surface area contributed by atoms with Gasteiger partial charge in [0, 0.05) is 22.2 Å². The van der Waals surface area contributed by atoms with Crippen LogP contribution in [0.15, 0.2) is 39.2 Å². The van der Waals surface area contributed by atoms with Crippen LogP contribution in [0.2, 0.25) is 0 Å². The predicted octanol–water partition coefficient (Wildman–Crippen LogP) is 4.43. The molecule has 1 aromatic carbocycles. The quantitative estimate of drug-likeness (QED) is 0.274. The Morgan fingerprint density at radius 3 is 2.75 bits per heavy atom. The second-order valence-electron chi connectivity index (χ2n) is 5.99. The molecule has 0 radical (unpaired) electrons. The lowest BCUT2D eigenvalue weighted by Crippen LogP contribution is -2.03. The molecule has 0 amide bonds. The minimum absolute atomic E-state index is 0.0339. The number of hydrogen-bond donors (Lipinski definition) is 0. The summed E-state index contributed by atoms with van der Waals surface area (Å²) < 4.78 is 16.9. The summed E-state index contributed by atoms with van der Waals surface area (Å²) in [6.45, 7) is 3.42. The van der Waals surface area contributed by atoms with Gasteiger partial charge in [-0.05, 0) is 32.0 Å². The average molecular weight is 399 g/mol. The molecule has 3 aromatic heterocycles. The number of aromatic nitrogens is 2. The summed E-state index contributed by atoms with van der Waals surface area (Å²) in [6, 6.07) is 7.77. The predicted molar refractivity (Wildman–Crippen MR) is 99.1 cm³/mol. The minimum atomic E-state index is -0.570. The summed E-state index contributed by atoms with van der Waals surface area (Å²) in [4.78, 5) is 23.0. The molecule has 0 aliphatic rings. The second-order valence-corrected chi connectivity index (χ2v) is 7.08. The van der Waals surface area contributed by atoms with Crippen LogP contribution in [-0.2, 0) is 11.3 Å². The van der Waals surface area contributed by atoms with Crippen molar-refractivity contribution in [3.8, 4) is 11.5 Å². The number of rotatable bonds is 5. The first-order chi connectivity index (χ1) is 13.4. The lowest BCUT2D eigenvalue weighted by Gasteiger charge is -1.98. The van der Waals surface area contributed by atoms with Crippen LogP contribution in [-0.4, -0.2) is 21.1 Å². The van der Waals surface area contributed by atoms with Gasteiger partial charge < -0.3 is 13.6 Å². The number of nitro benzene ring substituents is 1. The third kappa shape index (κ3) is 3.37. The molecule has 9 nitrogen and oxygen atoms in total. The van der Waals surface area contributed by atoms with Crippen molar-refractivity contribution >= 4 is 33.1 Å². The van der Waals surface area contributed by atoms with E-state index in [1.54, 1.807) is 25.1 Å². The van der Waals surface area contributed by atoms with Crippen molar-refractivity contribution in [3.05, 3.63) is 62.7 Å². The molecule has 10 heteroatoms. The number of esters is 1. The Bertz CT molecular complexity index is 1210. The smallest absolute Gasteiger partial charge is 0.348 e. The summed E-state index contributed by atoms with van der Waals surface area (Å²) in [5.41, 5.74) is 0.655.